The van der Waals surface area contributed by atoms with Gasteiger partial charge in [-0.2, -0.15) is 0 Å². The van der Waals surface area contributed by atoms with Crippen LogP contribution in [0.2, 0.25) is 0 Å². The lowest BCUT2D eigenvalue weighted by molar-refractivity contribution is -0.118. The third-order valence-corrected chi connectivity index (χ3v) is 3.07. The van der Waals surface area contributed by atoms with E-state index in [2.05, 4.69) is 18.7 Å². The van der Waals surface area contributed by atoms with Gasteiger partial charge in [-0.1, -0.05) is 6.92 Å². The molecule has 0 aromatic carbocycles. The molecule has 104 valence electrons. The molecule has 5 heteroatoms. The number of nitrogens with zero attached hydrogens (tertiary/aromatic N) is 1. The fraction of sp³-hybridized carbons (Fsp3) is 1.00. The van der Waals surface area contributed by atoms with Gasteiger partial charge in [-0.05, 0) is 13.5 Å². The Labute approximate surface area is 105 Å². The van der Waals surface area contributed by atoms with Crippen LogP contribution in [0.25, 0.3) is 0 Å². The van der Waals surface area contributed by atoms with E-state index in [9.17, 15) is 0 Å². The average molecular weight is 248 g/mol. The first kappa shape index (κ1) is 16.8. The van der Waals surface area contributed by atoms with Gasteiger partial charge in [0.05, 0.1) is 6.61 Å². The first-order valence-corrected chi connectivity index (χ1v) is 6.14. The standard InChI is InChI=1S/C12H28N2O3/c1-6-14(10(2)9-15-3)11(8-13)7-12(16-4)17-5/h10-12H,6-9,13H2,1-5H3. The summed E-state index contributed by atoms with van der Waals surface area (Å²) in [5, 5.41) is 0. The zero-order chi connectivity index (χ0) is 13.3. The van der Waals surface area contributed by atoms with E-state index in [-0.39, 0.29) is 12.3 Å². The van der Waals surface area contributed by atoms with Gasteiger partial charge >= 0.3 is 0 Å². The summed E-state index contributed by atoms with van der Waals surface area (Å²) >= 11 is 0. The van der Waals surface area contributed by atoms with Gasteiger partial charge in [-0.3, -0.25) is 4.90 Å². The fourth-order valence-electron chi connectivity index (χ4n) is 2.14. The molecule has 0 aliphatic heterocycles. The van der Waals surface area contributed by atoms with Gasteiger partial charge in [0.15, 0.2) is 6.29 Å². The SMILES string of the molecule is CCN(C(C)COC)C(CN)CC(OC)OC. The van der Waals surface area contributed by atoms with Crippen LogP contribution in [0.5, 0.6) is 0 Å². The summed E-state index contributed by atoms with van der Waals surface area (Å²) in [6, 6.07) is 0.586. The number of hydrogen-bond donors (Lipinski definition) is 1. The van der Waals surface area contributed by atoms with Crippen LogP contribution in [0.1, 0.15) is 20.3 Å². The maximum Gasteiger partial charge on any atom is 0.158 e. The lowest BCUT2D eigenvalue weighted by atomic mass is 10.1. The number of nitrogens with two attached hydrogens (primary N) is 1. The van der Waals surface area contributed by atoms with Crippen molar-refractivity contribution in [3.63, 3.8) is 0 Å². The number of rotatable bonds is 10. The first-order chi connectivity index (χ1) is 8.14. The van der Waals surface area contributed by atoms with E-state index in [0.29, 0.717) is 19.2 Å². The molecule has 0 spiro atoms. The minimum absolute atomic E-state index is 0.202. The molecule has 2 unspecified atom stereocenters. The molecular formula is C12H28N2O3. The van der Waals surface area contributed by atoms with Gasteiger partial charge in [-0.25, -0.2) is 0 Å². The zero-order valence-corrected chi connectivity index (χ0v) is 11.8. The Hall–Kier alpha value is -0.200. The third-order valence-electron chi connectivity index (χ3n) is 3.07. The van der Waals surface area contributed by atoms with Gasteiger partial charge in [0.2, 0.25) is 0 Å². The fourth-order valence-corrected chi connectivity index (χ4v) is 2.14. The van der Waals surface area contributed by atoms with Gasteiger partial charge in [0, 0.05) is 46.4 Å². The Morgan fingerprint density at radius 3 is 2.12 bits per heavy atom. The zero-order valence-electron chi connectivity index (χ0n) is 11.8. The summed E-state index contributed by atoms with van der Waals surface area (Å²) in [6.07, 6.45) is 0.568. The molecule has 0 rings (SSSR count). The van der Waals surface area contributed by atoms with Gasteiger partial charge in [0.25, 0.3) is 0 Å². The largest absolute Gasteiger partial charge is 0.383 e. The van der Waals surface area contributed by atoms with Crippen LogP contribution >= 0.6 is 0 Å². The summed E-state index contributed by atoms with van der Waals surface area (Å²) in [5.41, 5.74) is 5.85. The molecule has 17 heavy (non-hydrogen) atoms. The average Bonchev–Trinajstić information content (AvgIpc) is 2.34. The van der Waals surface area contributed by atoms with E-state index in [1.807, 2.05) is 0 Å². The van der Waals surface area contributed by atoms with Crippen LogP contribution in [-0.4, -0.2) is 64.3 Å². The monoisotopic (exact) mass is 248 g/mol. The highest BCUT2D eigenvalue weighted by Gasteiger charge is 2.24. The molecule has 0 aromatic rings. The van der Waals surface area contributed by atoms with Crippen molar-refractivity contribution in [2.24, 2.45) is 5.73 Å². The van der Waals surface area contributed by atoms with Gasteiger partial charge in [-0.15, -0.1) is 0 Å². The second-order valence-corrected chi connectivity index (χ2v) is 4.16. The summed E-state index contributed by atoms with van der Waals surface area (Å²) in [5.74, 6) is 0. The second kappa shape index (κ2) is 9.79. The number of ether oxygens (including phenoxy) is 3. The number of hydrogen-bond acceptors (Lipinski definition) is 5. The molecule has 0 bridgehead atoms. The molecule has 2 N–H and O–H groups in total. The molecule has 0 radical (unpaired) electrons. The molecular weight excluding hydrogens is 220 g/mol. The van der Waals surface area contributed by atoms with Crippen molar-refractivity contribution in [1.82, 2.24) is 4.90 Å². The van der Waals surface area contributed by atoms with Crippen LogP contribution in [0.15, 0.2) is 0 Å². The number of likely N-dealkylation sites (N-methyl/N-ethyl adjacent to an activating group) is 1. The molecule has 5 nitrogen and oxygen atoms in total. The quantitative estimate of drug-likeness (QED) is 0.576. The summed E-state index contributed by atoms with van der Waals surface area (Å²) in [4.78, 5) is 2.33. The molecule has 0 aliphatic rings. The topological polar surface area (TPSA) is 57.0 Å². The Bertz CT molecular complexity index is 177. The van der Waals surface area contributed by atoms with E-state index in [4.69, 9.17) is 19.9 Å². The molecule has 0 amide bonds. The molecule has 0 fully saturated rings. The normalized spacial score (nSPS) is 15.5. The van der Waals surface area contributed by atoms with Crippen LogP contribution in [-0.2, 0) is 14.2 Å². The van der Waals surface area contributed by atoms with Crippen LogP contribution in [0, 0.1) is 0 Å². The summed E-state index contributed by atoms with van der Waals surface area (Å²) in [7, 11) is 5.02. The molecule has 0 saturated carbocycles. The maximum absolute atomic E-state index is 5.85. The molecule has 0 aliphatic carbocycles. The maximum atomic E-state index is 5.85. The summed E-state index contributed by atoms with van der Waals surface area (Å²) < 4.78 is 15.7. The predicted octanol–water partition coefficient (Wildman–Crippen LogP) is 0.680. The lowest BCUT2D eigenvalue weighted by Gasteiger charge is -2.36. The van der Waals surface area contributed by atoms with E-state index in [1.54, 1.807) is 21.3 Å². The summed E-state index contributed by atoms with van der Waals surface area (Å²) in [6.45, 7) is 6.50. The van der Waals surface area contributed by atoms with Crippen LogP contribution in [0.3, 0.4) is 0 Å². The Morgan fingerprint density at radius 2 is 1.76 bits per heavy atom. The van der Waals surface area contributed by atoms with E-state index in [0.717, 1.165) is 13.0 Å². The Kier molecular flexibility index (Phi) is 9.68. The van der Waals surface area contributed by atoms with E-state index < -0.39 is 0 Å². The molecule has 0 saturated heterocycles. The van der Waals surface area contributed by atoms with Crippen molar-refractivity contribution in [1.29, 1.82) is 0 Å². The Balaban J connectivity index is 4.46. The highest BCUT2D eigenvalue weighted by molar-refractivity contribution is 4.77. The van der Waals surface area contributed by atoms with Crippen molar-refractivity contribution >= 4 is 0 Å². The van der Waals surface area contributed by atoms with Crippen LogP contribution in [0.4, 0.5) is 0 Å². The lowest BCUT2D eigenvalue weighted by Crippen LogP contribution is -2.49. The highest BCUT2D eigenvalue weighted by atomic mass is 16.7. The van der Waals surface area contributed by atoms with Crippen LogP contribution < -0.4 is 5.73 Å². The van der Waals surface area contributed by atoms with E-state index in [1.165, 1.54) is 0 Å². The third kappa shape index (κ3) is 5.79. The van der Waals surface area contributed by atoms with Crippen molar-refractivity contribution < 1.29 is 14.2 Å². The predicted molar refractivity (Wildman–Crippen MR) is 69.0 cm³/mol. The minimum Gasteiger partial charge on any atom is -0.383 e. The number of methoxy groups -OCH3 is 3. The highest BCUT2D eigenvalue weighted by Crippen LogP contribution is 2.12. The smallest absolute Gasteiger partial charge is 0.158 e. The van der Waals surface area contributed by atoms with Gasteiger partial charge < -0.3 is 19.9 Å². The Morgan fingerprint density at radius 1 is 1.18 bits per heavy atom. The first-order valence-electron chi connectivity index (χ1n) is 6.14. The van der Waals surface area contributed by atoms with Crippen molar-refractivity contribution in [3.8, 4) is 0 Å². The molecule has 0 aromatic heterocycles. The van der Waals surface area contributed by atoms with Gasteiger partial charge in [0.1, 0.15) is 0 Å². The minimum atomic E-state index is -0.202. The van der Waals surface area contributed by atoms with E-state index >= 15 is 0 Å². The van der Waals surface area contributed by atoms with Crippen molar-refractivity contribution in [2.75, 3.05) is 41.0 Å². The second-order valence-electron chi connectivity index (χ2n) is 4.16. The van der Waals surface area contributed by atoms with Crippen molar-refractivity contribution in [2.45, 2.75) is 38.6 Å². The molecule has 0 heterocycles. The van der Waals surface area contributed by atoms with Crippen molar-refractivity contribution in [3.05, 3.63) is 0 Å². The molecule has 2 atom stereocenters.